The molecule has 0 unspecified atom stereocenters. The summed E-state index contributed by atoms with van der Waals surface area (Å²) in [6, 6.07) is 10.6. The second-order valence-corrected chi connectivity index (χ2v) is 5.83. The van der Waals surface area contributed by atoms with E-state index in [0.717, 1.165) is 34.0 Å². The molecule has 0 saturated heterocycles. The average Bonchev–Trinajstić information content (AvgIpc) is 3.28. The number of fused-ring (bicyclic) bond motifs is 1. The molecule has 0 aliphatic heterocycles. The molecule has 0 amide bonds. The van der Waals surface area contributed by atoms with Gasteiger partial charge in [-0.05, 0) is 38.8 Å². The van der Waals surface area contributed by atoms with Crippen LogP contribution in [0.15, 0.2) is 30.3 Å². The fourth-order valence-electron chi connectivity index (χ4n) is 2.80. The zero-order valence-corrected chi connectivity index (χ0v) is 12.8. The normalized spacial score (nSPS) is 14.5. The maximum Gasteiger partial charge on any atom is 0.171 e. The molecule has 4 rings (SSSR count). The van der Waals surface area contributed by atoms with E-state index in [0.29, 0.717) is 12.6 Å². The van der Waals surface area contributed by atoms with Crippen molar-refractivity contribution >= 4 is 10.9 Å². The van der Waals surface area contributed by atoms with Crippen LogP contribution in [0.2, 0.25) is 0 Å². The van der Waals surface area contributed by atoms with Crippen molar-refractivity contribution < 1.29 is 4.74 Å². The minimum Gasteiger partial charge on any atom is -0.483 e. The molecule has 1 saturated carbocycles. The van der Waals surface area contributed by atoms with Gasteiger partial charge in [-0.2, -0.15) is 0 Å². The lowest BCUT2D eigenvalue weighted by Gasteiger charge is -2.10. The summed E-state index contributed by atoms with van der Waals surface area (Å²) in [5.74, 6) is 2.65. The predicted octanol–water partition coefficient (Wildman–Crippen LogP) is 3.36. The highest BCUT2D eigenvalue weighted by Gasteiger charge is 2.28. The van der Waals surface area contributed by atoms with E-state index in [1.807, 2.05) is 38.1 Å². The molecule has 1 fully saturated rings. The SMILES string of the molecule is Cc1ccc2cccc(OCc3nnc(C)n3C3CC3)c2n1. The number of rotatable bonds is 4. The lowest BCUT2D eigenvalue weighted by atomic mass is 10.2. The summed E-state index contributed by atoms with van der Waals surface area (Å²) in [5, 5.41) is 9.53. The molecule has 5 nitrogen and oxygen atoms in total. The van der Waals surface area contributed by atoms with Crippen molar-refractivity contribution in [3.8, 4) is 5.75 Å². The van der Waals surface area contributed by atoms with Crippen LogP contribution < -0.4 is 4.74 Å². The first-order valence-electron chi connectivity index (χ1n) is 7.62. The topological polar surface area (TPSA) is 52.8 Å². The van der Waals surface area contributed by atoms with Gasteiger partial charge in [0.2, 0.25) is 0 Å². The Kier molecular flexibility index (Phi) is 3.06. The van der Waals surface area contributed by atoms with E-state index in [1.54, 1.807) is 0 Å². The molecule has 1 aromatic carbocycles. The van der Waals surface area contributed by atoms with E-state index >= 15 is 0 Å². The second-order valence-electron chi connectivity index (χ2n) is 5.83. The molecule has 0 N–H and O–H groups in total. The first-order valence-corrected chi connectivity index (χ1v) is 7.62. The first-order chi connectivity index (χ1) is 10.7. The average molecular weight is 294 g/mol. The Labute approximate surface area is 129 Å². The largest absolute Gasteiger partial charge is 0.483 e. The highest BCUT2D eigenvalue weighted by molar-refractivity contribution is 5.84. The summed E-state index contributed by atoms with van der Waals surface area (Å²) in [6.07, 6.45) is 2.42. The Hall–Kier alpha value is -2.43. The van der Waals surface area contributed by atoms with E-state index < -0.39 is 0 Å². The number of pyridine rings is 1. The predicted molar refractivity (Wildman–Crippen MR) is 83.8 cm³/mol. The van der Waals surface area contributed by atoms with E-state index in [2.05, 4.69) is 25.8 Å². The number of hydrogen-bond acceptors (Lipinski definition) is 4. The number of nitrogens with zero attached hydrogens (tertiary/aromatic N) is 4. The number of benzene rings is 1. The first kappa shape index (κ1) is 13.2. The van der Waals surface area contributed by atoms with Crippen molar-refractivity contribution in [3.05, 3.63) is 47.7 Å². The maximum absolute atomic E-state index is 6.01. The fourth-order valence-corrected chi connectivity index (χ4v) is 2.80. The monoisotopic (exact) mass is 294 g/mol. The van der Waals surface area contributed by atoms with Gasteiger partial charge in [0.05, 0.1) is 0 Å². The maximum atomic E-state index is 6.01. The molecule has 1 aliphatic carbocycles. The molecule has 0 bridgehead atoms. The van der Waals surface area contributed by atoms with Gasteiger partial charge < -0.3 is 9.30 Å². The molecule has 22 heavy (non-hydrogen) atoms. The highest BCUT2D eigenvalue weighted by Crippen LogP contribution is 2.36. The van der Waals surface area contributed by atoms with Gasteiger partial charge in [0.25, 0.3) is 0 Å². The van der Waals surface area contributed by atoms with Crippen LogP contribution in [0.25, 0.3) is 10.9 Å². The molecule has 0 spiro atoms. The van der Waals surface area contributed by atoms with Gasteiger partial charge in [-0.15, -0.1) is 10.2 Å². The zero-order chi connectivity index (χ0) is 15.1. The molecular formula is C17H18N4O. The van der Waals surface area contributed by atoms with Gasteiger partial charge in [-0.25, -0.2) is 4.98 Å². The lowest BCUT2D eigenvalue weighted by Crippen LogP contribution is -2.07. The van der Waals surface area contributed by atoms with Crippen LogP contribution in [-0.2, 0) is 6.61 Å². The third kappa shape index (κ3) is 2.32. The van der Waals surface area contributed by atoms with Gasteiger partial charge in [0.1, 0.15) is 23.7 Å². The minimum absolute atomic E-state index is 0.423. The van der Waals surface area contributed by atoms with E-state index in [1.165, 1.54) is 12.8 Å². The van der Waals surface area contributed by atoms with Crippen LogP contribution in [0.5, 0.6) is 5.75 Å². The van der Waals surface area contributed by atoms with Crippen molar-refractivity contribution in [1.82, 2.24) is 19.7 Å². The number of para-hydroxylation sites is 1. The van der Waals surface area contributed by atoms with Crippen LogP contribution in [0.1, 0.15) is 36.2 Å². The summed E-state index contributed by atoms with van der Waals surface area (Å²) in [5.41, 5.74) is 1.89. The van der Waals surface area contributed by atoms with Crippen LogP contribution >= 0.6 is 0 Å². The van der Waals surface area contributed by atoms with Crippen LogP contribution in [0.4, 0.5) is 0 Å². The quantitative estimate of drug-likeness (QED) is 0.740. The molecule has 3 aromatic rings. The number of hydrogen-bond donors (Lipinski definition) is 0. The number of aromatic nitrogens is 4. The number of ether oxygens (including phenoxy) is 1. The fraction of sp³-hybridized carbons (Fsp3) is 0.353. The molecule has 0 radical (unpaired) electrons. The van der Waals surface area contributed by atoms with E-state index in [9.17, 15) is 0 Å². The summed E-state index contributed by atoms with van der Waals surface area (Å²) in [6.45, 7) is 4.41. The molecule has 0 atom stereocenters. The Balaban J connectivity index is 1.63. The highest BCUT2D eigenvalue weighted by atomic mass is 16.5. The number of aryl methyl sites for hydroxylation is 2. The Morgan fingerprint density at radius 1 is 1.14 bits per heavy atom. The van der Waals surface area contributed by atoms with Gasteiger partial charge in [-0.1, -0.05) is 18.2 Å². The van der Waals surface area contributed by atoms with E-state index in [4.69, 9.17) is 4.74 Å². The van der Waals surface area contributed by atoms with Crippen molar-refractivity contribution in [1.29, 1.82) is 0 Å². The summed E-state index contributed by atoms with van der Waals surface area (Å²) >= 11 is 0. The Morgan fingerprint density at radius 2 is 2.00 bits per heavy atom. The Bertz CT molecular complexity index is 836. The van der Waals surface area contributed by atoms with Crippen molar-refractivity contribution in [2.75, 3.05) is 0 Å². The smallest absolute Gasteiger partial charge is 0.171 e. The summed E-state index contributed by atoms with van der Waals surface area (Å²) in [4.78, 5) is 4.60. The van der Waals surface area contributed by atoms with Crippen molar-refractivity contribution in [3.63, 3.8) is 0 Å². The molecule has 2 aromatic heterocycles. The van der Waals surface area contributed by atoms with Crippen LogP contribution in [0, 0.1) is 13.8 Å². The van der Waals surface area contributed by atoms with Gasteiger partial charge in [0.15, 0.2) is 5.82 Å². The van der Waals surface area contributed by atoms with Crippen molar-refractivity contribution in [2.24, 2.45) is 0 Å². The van der Waals surface area contributed by atoms with Crippen LogP contribution in [0.3, 0.4) is 0 Å². The molecule has 112 valence electrons. The van der Waals surface area contributed by atoms with E-state index in [-0.39, 0.29) is 0 Å². The van der Waals surface area contributed by atoms with Gasteiger partial charge >= 0.3 is 0 Å². The Morgan fingerprint density at radius 3 is 2.82 bits per heavy atom. The van der Waals surface area contributed by atoms with Crippen LogP contribution in [-0.4, -0.2) is 19.7 Å². The molecule has 1 aliphatic rings. The molecule has 5 heteroatoms. The third-order valence-corrected chi connectivity index (χ3v) is 4.03. The third-order valence-electron chi connectivity index (χ3n) is 4.03. The van der Waals surface area contributed by atoms with Gasteiger partial charge in [0, 0.05) is 17.1 Å². The summed E-state index contributed by atoms with van der Waals surface area (Å²) < 4.78 is 8.20. The van der Waals surface area contributed by atoms with Crippen molar-refractivity contribution in [2.45, 2.75) is 39.3 Å². The molecular weight excluding hydrogens is 276 g/mol. The molecule has 2 heterocycles. The lowest BCUT2D eigenvalue weighted by molar-refractivity contribution is 0.291. The summed E-state index contributed by atoms with van der Waals surface area (Å²) in [7, 11) is 0. The standard InChI is InChI=1S/C17H18N4O/c1-11-6-7-13-4-3-5-15(17(13)18-11)22-10-16-20-19-12(2)21(16)14-8-9-14/h3-7,14H,8-10H2,1-2H3. The zero-order valence-electron chi connectivity index (χ0n) is 12.8. The minimum atomic E-state index is 0.423. The second kappa shape index (κ2) is 5.09. The van der Waals surface area contributed by atoms with Gasteiger partial charge in [-0.3, -0.25) is 0 Å².